The molecule has 1 aromatic heterocycles. The van der Waals surface area contributed by atoms with E-state index >= 15 is 0 Å². The molecule has 0 radical (unpaired) electrons. The third-order valence-corrected chi connectivity index (χ3v) is 5.03. The van der Waals surface area contributed by atoms with Gasteiger partial charge in [-0.1, -0.05) is 0 Å². The number of halogens is 1. The first-order valence-electron chi connectivity index (χ1n) is 9.08. The Labute approximate surface area is 157 Å². The Morgan fingerprint density at radius 3 is 2.81 bits per heavy atom. The number of carbonyl (C=O) groups is 2. The van der Waals surface area contributed by atoms with Crippen molar-refractivity contribution < 1.29 is 19.1 Å². The number of aromatic nitrogens is 1. The van der Waals surface area contributed by atoms with Crippen LogP contribution in [-0.4, -0.2) is 58.2 Å². The van der Waals surface area contributed by atoms with Gasteiger partial charge in [0.25, 0.3) is 0 Å². The molecule has 0 aliphatic carbocycles. The summed E-state index contributed by atoms with van der Waals surface area (Å²) in [7, 11) is 1.91. The highest BCUT2D eigenvalue weighted by molar-refractivity contribution is 5.83. The Balaban J connectivity index is 1.82. The van der Waals surface area contributed by atoms with Crippen LogP contribution in [0.1, 0.15) is 19.0 Å². The molecule has 2 heterocycles. The molecule has 8 heteroatoms. The van der Waals surface area contributed by atoms with Crippen LogP contribution in [0.25, 0.3) is 10.9 Å². The van der Waals surface area contributed by atoms with Gasteiger partial charge >= 0.3 is 0 Å². The third kappa shape index (κ3) is 4.12. The van der Waals surface area contributed by atoms with Gasteiger partial charge in [-0.25, -0.2) is 4.39 Å². The van der Waals surface area contributed by atoms with E-state index in [9.17, 15) is 14.0 Å². The lowest BCUT2D eigenvalue weighted by Gasteiger charge is -2.23. The molecule has 2 amide bonds. The minimum atomic E-state index is -0.572. The molecule has 1 fully saturated rings. The van der Waals surface area contributed by atoms with E-state index in [4.69, 9.17) is 5.11 Å². The molecule has 2 unspecified atom stereocenters. The normalized spacial score (nSPS) is 20.1. The molecule has 2 atom stereocenters. The zero-order valence-corrected chi connectivity index (χ0v) is 15.5. The first-order chi connectivity index (χ1) is 12.9. The quantitative estimate of drug-likeness (QED) is 0.686. The Bertz CT molecular complexity index is 851. The average Bonchev–Trinajstić information content (AvgIpc) is 3.16. The summed E-state index contributed by atoms with van der Waals surface area (Å²) >= 11 is 0. The van der Waals surface area contributed by atoms with Gasteiger partial charge in [-0.3, -0.25) is 14.5 Å². The van der Waals surface area contributed by atoms with Gasteiger partial charge in [0, 0.05) is 49.3 Å². The number of aliphatic hydroxyl groups excluding tert-OH is 1. The fourth-order valence-corrected chi connectivity index (χ4v) is 3.76. The number of nitrogens with one attached hydrogen (secondary N) is 2. The van der Waals surface area contributed by atoms with Gasteiger partial charge in [0.2, 0.25) is 11.8 Å². The number of aryl methyl sites for hydroxylation is 1. The molecule has 0 bridgehead atoms. The second-order valence-corrected chi connectivity index (χ2v) is 6.90. The predicted octanol–water partition coefficient (Wildman–Crippen LogP) is 0.505. The van der Waals surface area contributed by atoms with Crippen LogP contribution in [0.2, 0.25) is 0 Å². The molecule has 0 saturated carbocycles. The van der Waals surface area contributed by atoms with Crippen LogP contribution in [0.15, 0.2) is 24.3 Å². The van der Waals surface area contributed by atoms with E-state index in [1.807, 2.05) is 29.5 Å². The number of nitrogens with zero attached hydrogens (tertiary/aromatic N) is 2. The van der Waals surface area contributed by atoms with Crippen LogP contribution >= 0.6 is 0 Å². The van der Waals surface area contributed by atoms with Crippen molar-refractivity contribution in [3.05, 3.63) is 35.8 Å². The van der Waals surface area contributed by atoms with Crippen LogP contribution in [0, 0.1) is 5.82 Å². The standard InChI is InChI=1S/C19H25FN4O3/c1-3-21-19(27)17-8-14(22-18(26)11-25)9-24(17)10-15-7-12-6-13(20)4-5-16(12)23(15)2/h4-7,14,17,25H,3,8-11H2,1-2H3,(H,21,27)(H,22,26). The molecule has 7 nitrogen and oxygen atoms in total. The molecule has 2 aromatic rings. The number of hydrogen-bond donors (Lipinski definition) is 3. The molecule has 1 saturated heterocycles. The van der Waals surface area contributed by atoms with E-state index in [1.54, 1.807) is 6.07 Å². The number of likely N-dealkylation sites (N-methyl/N-ethyl adjacent to an activating group) is 1. The van der Waals surface area contributed by atoms with Crippen molar-refractivity contribution in [1.29, 1.82) is 0 Å². The van der Waals surface area contributed by atoms with Crippen molar-refractivity contribution in [2.45, 2.75) is 32.0 Å². The van der Waals surface area contributed by atoms with Crippen LogP contribution in [0.5, 0.6) is 0 Å². The van der Waals surface area contributed by atoms with E-state index in [0.717, 1.165) is 16.6 Å². The van der Waals surface area contributed by atoms with E-state index < -0.39 is 12.5 Å². The zero-order chi connectivity index (χ0) is 19.6. The van der Waals surface area contributed by atoms with Gasteiger partial charge in [-0.05, 0) is 37.6 Å². The van der Waals surface area contributed by atoms with Gasteiger partial charge in [0.1, 0.15) is 12.4 Å². The number of aliphatic hydroxyl groups is 1. The summed E-state index contributed by atoms with van der Waals surface area (Å²) in [6, 6.07) is 6.01. The fourth-order valence-electron chi connectivity index (χ4n) is 3.76. The Morgan fingerprint density at radius 2 is 2.11 bits per heavy atom. The largest absolute Gasteiger partial charge is 0.387 e. The topological polar surface area (TPSA) is 86.6 Å². The van der Waals surface area contributed by atoms with Crippen LogP contribution in [0.4, 0.5) is 4.39 Å². The van der Waals surface area contributed by atoms with Crippen molar-refractivity contribution in [3.63, 3.8) is 0 Å². The highest BCUT2D eigenvalue weighted by Gasteiger charge is 2.37. The molecule has 0 spiro atoms. The van der Waals surface area contributed by atoms with E-state index in [0.29, 0.717) is 26.1 Å². The van der Waals surface area contributed by atoms with Crippen molar-refractivity contribution in [3.8, 4) is 0 Å². The van der Waals surface area contributed by atoms with Gasteiger partial charge < -0.3 is 20.3 Å². The van der Waals surface area contributed by atoms with Crippen LogP contribution in [0.3, 0.4) is 0 Å². The summed E-state index contributed by atoms with van der Waals surface area (Å²) in [5, 5.41) is 15.4. The Morgan fingerprint density at radius 1 is 1.33 bits per heavy atom. The summed E-state index contributed by atoms with van der Waals surface area (Å²) in [6.45, 7) is 2.82. The summed E-state index contributed by atoms with van der Waals surface area (Å²) in [6.07, 6.45) is 0.482. The second-order valence-electron chi connectivity index (χ2n) is 6.90. The molecular weight excluding hydrogens is 351 g/mol. The highest BCUT2D eigenvalue weighted by atomic mass is 19.1. The zero-order valence-electron chi connectivity index (χ0n) is 15.5. The lowest BCUT2D eigenvalue weighted by molar-refractivity contribution is -0.126. The molecule has 1 aliphatic rings. The third-order valence-electron chi connectivity index (χ3n) is 5.03. The molecule has 1 aliphatic heterocycles. The molecule has 3 rings (SSSR count). The van der Waals surface area contributed by atoms with Gasteiger partial charge in [-0.15, -0.1) is 0 Å². The Kier molecular flexibility index (Phi) is 5.76. The summed E-state index contributed by atoms with van der Waals surface area (Å²) in [4.78, 5) is 26.0. The fraction of sp³-hybridized carbons (Fsp3) is 0.474. The van der Waals surface area contributed by atoms with Crippen molar-refractivity contribution in [2.75, 3.05) is 19.7 Å². The number of rotatable bonds is 6. The minimum Gasteiger partial charge on any atom is -0.387 e. The predicted molar refractivity (Wildman–Crippen MR) is 99.4 cm³/mol. The van der Waals surface area contributed by atoms with Crippen LogP contribution < -0.4 is 10.6 Å². The van der Waals surface area contributed by atoms with Gasteiger partial charge in [0.15, 0.2) is 0 Å². The molecule has 3 N–H and O–H groups in total. The van der Waals surface area contributed by atoms with Gasteiger partial charge in [-0.2, -0.15) is 0 Å². The minimum absolute atomic E-state index is 0.0805. The second kappa shape index (κ2) is 8.06. The molecule has 1 aromatic carbocycles. The van der Waals surface area contributed by atoms with Gasteiger partial charge in [0.05, 0.1) is 6.04 Å². The van der Waals surface area contributed by atoms with Crippen molar-refractivity contribution >= 4 is 22.7 Å². The summed E-state index contributed by atoms with van der Waals surface area (Å²) < 4.78 is 15.5. The maximum Gasteiger partial charge on any atom is 0.245 e. The van der Waals surface area contributed by atoms with E-state index in [1.165, 1.54) is 12.1 Å². The maximum absolute atomic E-state index is 13.5. The number of carbonyl (C=O) groups excluding carboxylic acids is 2. The number of benzene rings is 1. The lowest BCUT2D eigenvalue weighted by atomic mass is 10.1. The monoisotopic (exact) mass is 376 g/mol. The Hall–Kier alpha value is -2.45. The number of hydrogen-bond acceptors (Lipinski definition) is 4. The number of amides is 2. The summed E-state index contributed by atoms with van der Waals surface area (Å²) in [5.41, 5.74) is 1.88. The molecular formula is C19H25FN4O3. The lowest BCUT2D eigenvalue weighted by Crippen LogP contribution is -2.43. The first kappa shape index (κ1) is 19.3. The van der Waals surface area contributed by atoms with Crippen molar-refractivity contribution in [2.24, 2.45) is 7.05 Å². The highest BCUT2D eigenvalue weighted by Crippen LogP contribution is 2.25. The smallest absolute Gasteiger partial charge is 0.245 e. The van der Waals surface area contributed by atoms with Crippen molar-refractivity contribution in [1.82, 2.24) is 20.1 Å². The van der Waals surface area contributed by atoms with Crippen LogP contribution in [-0.2, 0) is 23.2 Å². The number of fused-ring (bicyclic) bond motifs is 1. The molecule has 146 valence electrons. The molecule has 27 heavy (non-hydrogen) atoms. The summed E-state index contributed by atoms with van der Waals surface area (Å²) in [5.74, 6) is -0.813. The van der Waals surface area contributed by atoms with E-state index in [-0.39, 0.29) is 23.8 Å². The number of likely N-dealkylation sites (tertiary alicyclic amines) is 1. The average molecular weight is 376 g/mol. The van der Waals surface area contributed by atoms with E-state index in [2.05, 4.69) is 10.6 Å². The maximum atomic E-state index is 13.5. The SMILES string of the molecule is CCNC(=O)C1CC(NC(=O)CO)CN1Cc1cc2cc(F)ccc2n1C. The first-order valence-corrected chi connectivity index (χ1v) is 9.08.